The van der Waals surface area contributed by atoms with Gasteiger partial charge in [0.05, 0.1) is 12.7 Å². The Bertz CT molecular complexity index is 175. The van der Waals surface area contributed by atoms with Crippen LogP contribution in [0.2, 0.25) is 0 Å². The molecule has 1 saturated heterocycles. The van der Waals surface area contributed by atoms with Gasteiger partial charge in [-0.25, -0.2) is 0 Å². The Hall–Kier alpha value is -0.560. The van der Waals surface area contributed by atoms with Crippen LogP contribution in [0.4, 0.5) is 0 Å². The summed E-state index contributed by atoms with van der Waals surface area (Å²) in [4.78, 5) is 0. The van der Waals surface area contributed by atoms with Crippen molar-refractivity contribution in [2.24, 2.45) is 0 Å². The van der Waals surface area contributed by atoms with Crippen molar-refractivity contribution in [1.29, 1.82) is 0 Å². The fraction of sp³-hybridized carbons (Fsp3) is 0.556. The molecule has 1 unspecified atom stereocenters. The molecule has 0 N–H and O–H groups in total. The van der Waals surface area contributed by atoms with Gasteiger partial charge in [0.15, 0.2) is 0 Å². The first-order valence-electron chi connectivity index (χ1n) is 3.94. The topological polar surface area (TPSA) is 9.23 Å². The summed E-state index contributed by atoms with van der Waals surface area (Å²) in [6.45, 7) is 0.964. The highest BCUT2D eigenvalue weighted by molar-refractivity contribution is 5.22. The summed E-state index contributed by atoms with van der Waals surface area (Å²) < 4.78 is 5.37. The molecule has 0 aromatic rings. The molecule has 10 heavy (non-hydrogen) atoms. The molecule has 0 aromatic heterocycles. The average Bonchev–Trinajstić information content (AvgIpc) is 1.86. The van der Waals surface area contributed by atoms with E-state index in [1.165, 1.54) is 24.8 Å². The lowest BCUT2D eigenvalue weighted by Crippen LogP contribution is -2.28. The number of allylic oxidation sites excluding steroid dienone is 3. The van der Waals surface area contributed by atoms with Crippen molar-refractivity contribution in [2.45, 2.75) is 25.4 Å². The summed E-state index contributed by atoms with van der Waals surface area (Å²) in [7, 11) is 0. The van der Waals surface area contributed by atoms with Crippen LogP contribution >= 0.6 is 0 Å². The van der Waals surface area contributed by atoms with Crippen molar-refractivity contribution >= 4 is 0 Å². The molecule has 1 heterocycles. The lowest BCUT2D eigenvalue weighted by Gasteiger charge is -2.29. The van der Waals surface area contributed by atoms with E-state index in [-0.39, 0.29) is 0 Å². The molecule has 0 bridgehead atoms. The Morgan fingerprint density at radius 3 is 2.90 bits per heavy atom. The molecule has 0 aromatic carbocycles. The minimum absolute atomic E-state index is 0.477. The zero-order chi connectivity index (χ0) is 6.81. The van der Waals surface area contributed by atoms with Crippen molar-refractivity contribution in [1.82, 2.24) is 0 Å². The van der Waals surface area contributed by atoms with Gasteiger partial charge in [0, 0.05) is 6.42 Å². The van der Waals surface area contributed by atoms with Crippen LogP contribution in [0.3, 0.4) is 0 Å². The average molecular weight is 136 g/mol. The molecule has 1 heteroatoms. The number of ether oxygens (including phenoxy) is 1. The Morgan fingerprint density at radius 2 is 2.40 bits per heavy atom. The second-order valence-corrected chi connectivity index (χ2v) is 2.86. The van der Waals surface area contributed by atoms with Gasteiger partial charge in [-0.2, -0.15) is 0 Å². The summed E-state index contributed by atoms with van der Waals surface area (Å²) in [5.41, 5.74) is 1.49. The summed E-state index contributed by atoms with van der Waals surface area (Å²) >= 11 is 0. The van der Waals surface area contributed by atoms with Crippen LogP contribution in [-0.2, 0) is 4.74 Å². The van der Waals surface area contributed by atoms with Gasteiger partial charge >= 0.3 is 0 Å². The standard InChI is InChI=1S/C9H12O/c1-2-4-8(5-3-1)9-6-7-10-9/h1-2,4,9H,3,5-7H2. The minimum atomic E-state index is 0.477. The maximum atomic E-state index is 5.37. The Balaban J connectivity index is 2.01. The molecule has 0 saturated carbocycles. The summed E-state index contributed by atoms with van der Waals surface area (Å²) in [5.74, 6) is 0. The molecule has 2 aliphatic rings. The van der Waals surface area contributed by atoms with Crippen LogP contribution in [0.15, 0.2) is 23.8 Å². The minimum Gasteiger partial charge on any atom is -0.374 e. The molecule has 1 aliphatic heterocycles. The highest BCUT2D eigenvalue weighted by Crippen LogP contribution is 2.25. The normalized spacial score (nSPS) is 31.2. The zero-order valence-corrected chi connectivity index (χ0v) is 6.05. The summed E-state index contributed by atoms with van der Waals surface area (Å²) in [6.07, 6.45) is 10.7. The van der Waals surface area contributed by atoms with E-state index in [0.29, 0.717) is 6.10 Å². The molecule has 0 spiro atoms. The molecule has 1 nitrogen and oxygen atoms in total. The molecule has 2 rings (SSSR count). The third kappa shape index (κ3) is 1.01. The van der Waals surface area contributed by atoms with Gasteiger partial charge in [-0.1, -0.05) is 18.2 Å². The summed E-state index contributed by atoms with van der Waals surface area (Å²) in [5, 5.41) is 0. The first-order chi connectivity index (χ1) is 4.97. The number of rotatable bonds is 1. The highest BCUT2D eigenvalue weighted by atomic mass is 16.5. The number of hydrogen-bond acceptors (Lipinski definition) is 1. The van der Waals surface area contributed by atoms with E-state index in [9.17, 15) is 0 Å². The van der Waals surface area contributed by atoms with E-state index >= 15 is 0 Å². The first-order valence-corrected chi connectivity index (χ1v) is 3.94. The SMILES string of the molecule is C1=CCCC(C2CCO2)=C1. The fourth-order valence-corrected chi connectivity index (χ4v) is 1.42. The molecule has 1 fully saturated rings. The predicted molar refractivity (Wildman–Crippen MR) is 40.8 cm³/mol. The zero-order valence-electron chi connectivity index (χ0n) is 6.05. The van der Waals surface area contributed by atoms with Crippen LogP contribution in [0, 0.1) is 0 Å². The van der Waals surface area contributed by atoms with Gasteiger partial charge in [0.25, 0.3) is 0 Å². The third-order valence-electron chi connectivity index (χ3n) is 2.16. The predicted octanol–water partition coefficient (Wildman–Crippen LogP) is 2.05. The first kappa shape index (κ1) is 6.17. The molecule has 1 atom stereocenters. The monoisotopic (exact) mass is 136 g/mol. The highest BCUT2D eigenvalue weighted by Gasteiger charge is 2.21. The Kier molecular flexibility index (Phi) is 1.60. The Morgan fingerprint density at radius 1 is 1.50 bits per heavy atom. The van der Waals surface area contributed by atoms with E-state index < -0.39 is 0 Å². The maximum absolute atomic E-state index is 5.37. The number of hydrogen-bond donors (Lipinski definition) is 0. The van der Waals surface area contributed by atoms with Gasteiger partial charge < -0.3 is 4.74 Å². The third-order valence-corrected chi connectivity index (χ3v) is 2.16. The van der Waals surface area contributed by atoms with E-state index in [0.717, 1.165) is 6.61 Å². The van der Waals surface area contributed by atoms with Crippen LogP contribution in [-0.4, -0.2) is 12.7 Å². The molecule has 54 valence electrons. The maximum Gasteiger partial charge on any atom is 0.0810 e. The van der Waals surface area contributed by atoms with Crippen molar-refractivity contribution in [3.63, 3.8) is 0 Å². The van der Waals surface area contributed by atoms with Gasteiger partial charge in [0.2, 0.25) is 0 Å². The fourth-order valence-electron chi connectivity index (χ4n) is 1.42. The van der Waals surface area contributed by atoms with E-state index in [2.05, 4.69) is 18.2 Å². The van der Waals surface area contributed by atoms with Crippen molar-refractivity contribution in [3.8, 4) is 0 Å². The van der Waals surface area contributed by atoms with Crippen LogP contribution in [0.25, 0.3) is 0 Å². The van der Waals surface area contributed by atoms with Crippen LogP contribution in [0.5, 0.6) is 0 Å². The van der Waals surface area contributed by atoms with Crippen LogP contribution in [0.1, 0.15) is 19.3 Å². The van der Waals surface area contributed by atoms with Gasteiger partial charge in [-0.15, -0.1) is 0 Å². The van der Waals surface area contributed by atoms with Crippen molar-refractivity contribution < 1.29 is 4.74 Å². The smallest absolute Gasteiger partial charge is 0.0810 e. The molecule has 0 radical (unpaired) electrons. The summed E-state index contributed by atoms with van der Waals surface area (Å²) in [6, 6.07) is 0. The molecular formula is C9H12O. The Labute approximate surface area is 61.4 Å². The lowest BCUT2D eigenvalue weighted by molar-refractivity contribution is -0.0278. The van der Waals surface area contributed by atoms with Crippen LogP contribution < -0.4 is 0 Å². The second kappa shape index (κ2) is 2.59. The van der Waals surface area contributed by atoms with E-state index in [4.69, 9.17) is 4.74 Å². The second-order valence-electron chi connectivity index (χ2n) is 2.86. The largest absolute Gasteiger partial charge is 0.374 e. The molecule has 1 aliphatic carbocycles. The molecular weight excluding hydrogens is 124 g/mol. The molecule has 0 amide bonds. The van der Waals surface area contributed by atoms with E-state index in [1.54, 1.807) is 0 Å². The van der Waals surface area contributed by atoms with Gasteiger partial charge in [0.1, 0.15) is 0 Å². The quantitative estimate of drug-likeness (QED) is 0.536. The van der Waals surface area contributed by atoms with Crippen molar-refractivity contribution in [2.75, 3.05) is 6.61 Å². The van der Waals surface area contributed by atoms with E-state index in [1.807, 2.05) is 0 Å². The van der Waals surface area contributed by atoms with Gasteiger partial charge in [-0.05, 0) is 18.4 Å². The van der Waals surface area contributed by atoms with Crippen molar-refractivity contribution in [3.05, 3.63) is 23.8 Å². The van der Waals surface area contributed by atoms with Gasteiger partial charge in [-0.3, -0.25) is 0 Å². The lowest BCUT2D eigenvalue weighted by atomic mass is 9.96.